The molecule has 0 aliphatic rings. The van der Waals surface area contributed by atoms with Crippen LogP contribution < -0.4 is 22.1 Å². The molecule has 0 saturated carbocycles. The number of hydrogen-bond acceptors (Lipinski definition) is 6. The van der Waals surface area contributed by atoms with Gasteiger partial charge in [-0.25, -0.2) is 4.79 Å². The second-order valence-electron chi connectivity index (χ2n) is 5.00. The lowest BCUT2D eigenvalue weighted by molar-refractivity contribution is -0.142. The molecule has 0 bridgehead atoms. The Balaban J connectivity index is 4.17. The predicted octanol–water partition coefficient (Wildman–Crippen LogP) is -2.01. The van der Waals surface area contributed by atoms with Crippen molar-refractivity contribution in [3.8, 4) is 0 Å². The fraction of sp³-hybridized carbons (Fsp3) is 0.692. The van der Waals surface area contributed by atoms with Crippen LogP contribution in [0.25, 0.3) is 0 Å². The van der Waals surface area contributed by atoms with Crippen LogP contribution in [0.15, 0.2) is 0 Å². The van der Waals surface area contributed by atoms with Crippen molar-refractivity contribution in [3.63, 3.8) is 0 Å². The van der Waals surface area contributed by atoms with Crippen LogP contribution in [0.2, 0.25) is 0 Å². The normalized spacial score (nSPS) is 13.0. The van der Waals surface area contributed by atoms with Gasteiger partial charge in [0, 0.05) is 6.42 Å². The van der Waals surface area contributed by atoms with Gasteiger partial charge in [0.05, 0.1) is 12.6 Å². The Labute approximate surface area is 133 Å². The Morgan fingerprint density at radius 3 is 2.22 bits per heavy atom. The summed E-state index contributed by atoms with van der Waals surface area (Å²) in [5.41, 5.74) is 10.8. The highest BCUT2D eigenvalue weighted by Crippen LogP contribution is 2.00. The summed E-state index contributed by atoms with van der Waals surface area (Å²) in [6, 6.07) is -2.09. The zero-order valence-corrected chi connectivity index (χ0v) is 12.8. The second-order valence-corrected chi connectivity index (χ2v) is 5.00. The molecule has 2 atom stereocenters. The van der Waals surface area contributed by atoms with Gasteiger partial charge in [-0.05, 0) is 32.2 Å². The van der Waals surface area contributed by atoms with Crippen molar-refractivity contribution in [1.82, 2.24) is 10.6 Å². The molecule has 0 fully saturated rings. The summed E-state index contributed by atoms with van der Waals surface area (Å²) < 4.78 is 0. The van der Waals surface area contributed by atoms with Crippen molar-refractivity contribution in [1.29, 1.82) is 0 Å². The van der Waals surface area contributed by atoms with Crippen LogP contribution in [0.4, 0.5) is 0 Å². The fourth-order valence-electron chi connectivity index (χ4n) is 1.70. The van der Waals surface area contributed by atoms with E-state index in [1.54, 1.807) is 0 Å². The molecular formula is C13H24N4O6. The van der Waals surface area contributed by atoms with Crippen LogP contribution in [-0.4, -0.2) is 59.1 Å². The first kappa shape index (κ1) is 20.8. The Kier molecular flexibility index (Phi) is 10.3. The Bertz CT molecular complexity index is 429. The molecule has 0 saturated heterocycles. The first-order valence-corrected chi connectivity index (χ1v) is 7.25. The van der Waals surface area contributed by atoms with Crippen LogP contribution in [-0.2, 0) is 19.2 Å². The van der Waals surface area contributed by atoms with Crippen molar-refractivity contribution in [3.05, 3.63) is 0 Å². The fourth-order valence-corrected chi connectivity index (χ4v) is 1.70. The molecule has 0 rings (SSSR count). The number of rotatable bonds is 12. The molecule has 0 aromatic heterocycles. The van der Waals surface area contributed by atoms with E-state index in [0.717, 1.165) is 0 Å². The zero-order chi connectivity index (χ0) is 17.8. The van der Waals surface area contributed by atoms with Gasteiger partial charge in [-0.1, -0.05) is 0 Å². The number of nitrogens with two attached hydrogens (primary N) is 2. The van der Waals surface area contributed by atoms with Gasteiger partial charge in [0.25, 0.3) is 0 Å². The predicted molar refractivity (Wildman–Crippen MR) is 80.3 cm³/mol. The summed E-state index contributed by atoms with van der Waals surface area (Å²) in [6.45, 7) is 0.00481. The number of aliphatic carboxylic acids is 2. The summed E-state index contributed by atoms with van der Waals surface area (Å²) in [4.78, 5) is 44.6. The van der Waals surface area contributed by atoms with Gasteiger partial charge in [-0.3, -0.25) is 14.4 Å². The van der Waals surface area contributed by atoms with E-state index in [4.69, 9.17) is 21.7 Å². The molecule has 8 N–H and O–H groups in total. The molecule has 10 heteroatoms. The van der Waals surface area contributed by atoms with Gasteiger partial charge in [0.1, 0.15) is 6.04 Å². The average Bonchev–Trinajstić information content (AvgIpc) is 2.49. The highest BCUT2D eigenvalue weighted by molar-refractivity contribution is 5.89. The van der Waals surface area contributed by atoms with Crippen molar-refractivity contribution >= 4 is 23.8 Å². The molecule has 0 spiro atoms. The van der Waals surface area contributed by atoms with Gasteiger partial charge in [-0.15, -0.1) is 0 Å². The number of hydrogen-bond donors (Lipinski definition) is 6. The molecule has 2 amide bonds. The minimum absolute atomic E-state index is 0.0559. The molecule has 23 heavy (non-hydrogen) atoms. The second kappa shape index (κ2) is 11.4. The van der Waals surface area contributed by atoms with Gasteiger partial charge < -0.3 is 32.3 Å². The van der Waals surface area contributed by atoms with Gasteiger partial charge in [-0.2, -0.15) is 0 Å². The van der Waals surface area contributed by atoms with Crippen LogP contribution in [0.3, 0.4) is 0 Å². The maximum atomic E-state index is 11.6. The Morgan fingerprint density at radius 2 is 1.70 bits per heavy atom. The first-order valence-electron chi connectivity index (χ1n) is 7.25. The first-order chi connectivity index (χ1) is 10.8. The van der Waals surface area contributed by atoms with Crippen LogP contribution in [0.1, 0.15) is 32.1 Å². The summed E-state index contributed by atoms with van der Waals surface area (Å²) in [7, 11) is 0. The summed E-state index contributed by atoms with van der Waals surface area (Å²) in [5.74, 6) is -3.58. The van der Waals surface area contributed by atoms with Crippen molar-refractivity contribution in [2.24, 2.45) is 11.5 Å². The zero-order valence-electron chi connectivity index (χ0n) is 12.8. The van der Waals surface area contributed by atoms with Crippen LogP contribution in [0, 0.1) is 0 Å². The monoisotopic (exact) mass is 332 g/mol. The summed E-state index contributed by atoms with van der Waals surface area (Å²) in [6.07, 6.45) is 1.13. The van der Waals surface area contributed by atoms with Crippen molar-refractivity contribution in [2.45, 2.75) is 44.2 Å². The van der Waals surface area contributed by atoms with Gasteiger partial charge in [0.2, 0.25) is 11.8 Å². The lowest BCUT2D eigenvalue weighted by atomic mass is 10.1. The average molecular weight is 332 g/mol. The van der Waals surface area contributed by atoms with E-state index in [1.807, 2.05) is 0 Å². The highest BCUT2D eigenvalue weighted by Gasteiger charge is 2.20. The minimum atomic E-state index is -1.17. The van der Waals surface area contributed by atoms with E-state index in [-0.39, 0.29) is 19.3 Å². The lowest BCUT2D eigenvalue weighted by Crippen LogP contribution is -2.48. The van der Waals surface area contributed by atoms with E-state index in [9.17, 15) is 19.2 Å². The maximum Gasteiger partial charge on any atom is 0.326 e. The molecule has 132 valence electrons. The molecule has 0 aromatic carbocycles. The molecule has 10 nitrogen and oxygen atoms in total. The molecule has 0 aliphatic carbocycles. The Hall–Kier alpha value is -2.20. The van der Waals surface area contributed by atoms with E-state index in [1.165, 1.54) is 0 Å². The third-order valence-corrected chi connectivity index (χ3v) is 3.01. The minimum Gasteiger partial charge on any atom is -0.481 e. The standard InChI is InChI=1S/C13H24N4O6/c14-6-2-1-3-9(13(22)23)17-10(18)7-16-12(21)8(15)4-5-11(19)20/h8-9H,1-7,14-15H2,(H,16,21)(H,17,18)(H,19,20)(H,22,23). The van der Waals surface area contributed by atoms with Crippen LogP contribution in [0.5, 0.6) is 0 Å². The number of carbonyl (C=O) groups excluding carboxylic acids is 2. The number of carboxylic acids is 2. The van der Waals surface area contributed by atoms with Crippen LogP contribution >= 0.6 is 0 Å². The lowest BCUT2D eigenvalue weighted by Gasteiger charge is -2.15. The molecule has 2 unspecified atom stereocenters. The van der Waals surface area contributed by atoms with E-state index < -0.39 is 42.4 Å². The smallest absolute Gasteiger partial charge is 0.326 e. The molecule has 0 aliphatic heterocycles. The number of amides is 2. The number of unbranched alkanes of at least 4 members (excludes halogenated alkanes) is 1. The quantitative estimate of drug-likeness (QED) is 0.221. The molecule has 0 aromatic rings. The summed E-state index contributed by atoms with van der Waals surface area (Å²) in [5, 5.41) is 22.0. The van der Waals surface area contributed by atoms with Crippen molar-refractivity contribution < 1.29 is 29.4 Å². The SMILES string of the molecule is NCCCCC(NC(=O)CNC(=O)C(N)CCC(=O)O)C(=O)O. The van der Waals surface area contributed by atoms with E-state index in [0.29, 0.717) is 19.4 Å². The highest BCUT2D eigenvalue weighted by atomic mass is 16.4. The largest absolute Gasteiger partial charge is 0.481 e. The van der Waals surface area contributed by atoms with Crippen molar-refractivity contribution in [2.75, 3.05) is 13.1 Å². The third-order valence-electron chi connectivity index (χ3n) is 3.01. The van der Waals surface area contributed by atoms with E-state index >= 15 is 0 Å². The number of carbonyl (C=O) groups is 4. The maximum absolute atomic E-state index is 11.6. The number of nitrogens with one attached hydrogen (secondary N) is 2. The Morgan fingerprint density at radius 1 is 1.04 bits per heavy atom. The van der Waals surface area contributed by atoms with Gasteiger partial charge in [0.15, 0.2) is 0 Å². The number of carboxylic acid groups (broad SMARTS) is 2. The van der Waals surface area contributed by atoms with Gasteiger partial charge >= 0.3 is 11.9 Å². The topological polar surface area (TPSA) is 185 Å². The summed E-state index contributed by atoms with van der Waals surface area (Å²) >= 11 is 0. The molecule has 0 heterocycles. The van der Waals surface area contributed by atoms with E-state index in [2.05, 4.69) is 10.6 Å². The molecule has 0 radical (unpaired) electrons. The third kappa shape index (κ3) is 10.2. The molecular weight excluding hydrogens is 308 g/mol.